The first kappa shape index (κ1) is 27.9. The Balaban J connectivity index is 1.57. The Morgan fingerprint density at radius 2 is 1.68 bits per heavy atom. The summed E-state index contributed by atoms with van der Waals surface area (Å²) in [5.74, 6) is 1.03. The number of ether oxygens (including phenoxy) is 1. The number of nitrogens with zero attached hydrogens (tertiary/aromatic N) is 5. The molecule has 0 radical (unpaired) electrons. The molecular weight excluding hydrogens is 517 g/mol. The van der Waals surface area contributed by atoms with Gasteiger partial charge >= 0.3 is 6.18 Å². The van der Waals surface area contributed by atoms with Gasteiger partial charge in [-0.25, -0.2) is 15.0 Å². The summed E-state index contributed by atoms with van der Waals surface area (Å²) in [4.78, 5) is 20.3. The molecular formula is C30H33F3N6O. The van der Waals surface area contributed by atoms with Crippen LogP contribution in [0, 0.1) is 0 Å². The molecule has 3 aromatic heterocycles. The molecule has 2 atom stereocenters. The van der Waals surface area contributed by atoms with Gasteiger partial charge in [0, 0.05) is 36.7 Å². The molecule has 1 aliphatic heterocycles. The first-order chi connectivity index (χ1) is 18.9. The number of rotatable bonds is 5. The maximum Gasteiger partial charge on any atom is 0.418 e. The Bertz CT molecular complexity index is 1490. The summed E-state index contributed by atoms with van der Waals surface area (Å²) >= 11 is 0. The Kier molecular flexibility index (Phi) is 7.50. The van der Waals surface area contributed by atoms with Crippen molar-refractivity contribution in [2.24, 2.45) is 0 Å². The van der Waals surface area contributed by atoms with Gasteiger partial charge in [-0.15, -0.1) is 0 Å². The average molecular weight is 551 g/mol. The number of halogens is 3. The number of hydrogen-bond acceptors (Lipinski definition) is 7. The third kappa shape index (κ3) is 6.23. The van der Waals surface area contributed by atoms with Crippen molar-refractivity contribution >= 4 is 22.5 Å². The largest absolute Gasteiger partial charge is 0.418 e. The van der Waals surface area contributed by atoms with Gasteiger partial charge in [0.25, 0.3) is 0 Å². The van der Waals surface area contributed by atoms with Gasteiger partial charge in [0.05, 0.1) is 35.5 Å². The fourth-order valence-corrected chi connectivity index (χ4v) is 5.02. The Labute approximate surface area is 231 Å². The maximum absolute atomic E-state index is 13.7. The maximum atomic E-state index is 13.7. The van der Waals surface area contributed by atoms with Crippen LogP contribution >= 0.6 is 0 Å². The van der Waals surface area contributed by atoms with Crippen molar-refractivity contribution in [2.45, 2.75) is 65.0 Å². The molecule has 1 fully saturated rings. The molecule has 0 saturated carbocycles. The van der Waals surface area contributed by atoms with Crippen LogP contribution in [0.1, 0.15) is 51.6 Å². The van der Waals surface area contributed by atoms with E-state index in [0.29, 0.717) is 29.2 Å². The van der Waals surface area contributed by atoms with Crippen LogP contribution in [0.15, 0.2) is 54.9 Å². The van der Waals surface area contributed by atoms with Crippen LogP contribution in [0.25, 0.3) is 22.3 Å². The smallest absolute Gasteiger partial charge is 0.373 e. The molecule has 40 heavy (non-hydrogen) atoms. The second-order valence-corrected chi connectivity index (χ2v) is 11.4. The Hall–Kier alpha value is -3.63. The van der Waals surface area contributed by atoms with E-state index in [4.69, 9.17) is 14.7 Å². The van der Waals surface area contributed by atoms with Crippen LogP contribution in [0.2, 0.25) is 0 Å². The second-order valence-electron chi connectivity index (χ2n) is 11.4. The summed E-state index contributed by atoms with van der Waals surface area (Å²) in [6.45, 7) is 12.4. The van der Waals surface area contributed by atoms with Gasteiger partial charge in [-0.2, -0.15) is 13.2 Å². The molecule has 1 aromatic carbocycles. The number of fused-ring (bicyclic) bond motifs is 1. The summed E-state index contributed by atoms with van der Waals surface area (Å²) < 4.78 is 47.1. The number of nitrogens with one attached hydrogen (secondary N) is 1. The van der Waals surface area contributed by atoms with E-state index in [0.717, 1.165) is 24.8 Å². The minimum Gasteiger partial charge on any atom is -0.373 e. The summed E-state index contributed by atoms with van der Waals surface area (Å²) in [7, 11) is 0. The van der Waals surface area contributed by atoms with Crippen LogP contribution in [-0.2, 0) is 22.9 Å². The lowest BCUT2D eigenvalue weighted by molar-refractivity contribution is -0.137. The predicted octanol–water partition coefficient (Wildman–Crippen LogP) is 6.76. The fourth-order valence-electron chi connectivity index (χ4n) is 5.02. The highest BCUT2D eigenvalue weighted by Gasteiger charge is 2.34. The number of alkyl halides is 3. The van der Waals surface area contributed by atoms with E-state index in [2.05, 4.69) is 53.1 Å². The summed E-state index contributed by atoms with van der Waals surface area (Å²) in [6.07, 6.45) is -1.68. The highest BCUT2D eigenvalue weighted by Crippen LogP contribution is 2.36. The van der Waals surface area contributed by atoms with Gasteiger partial charge in [-0.1, -0.05) is 32.9 Å². The fraction of sp³-hybridized carbons (Fsp3) is 0.400. The lowest BCUT2D eigenvalue weighted by Crippen LogP contribution is -2.45. The van der Waals surface area contributed by atoms with Gasteiger partial charge in [0.1, 0.15) is 11.3 Å². The summed E-state index contributed by atoms with van der Waals surface area (Å²) in [5.41, 5.74) is 2.15. The van der Waals surface area contributed by atoms with Gasteiger partial charge in [-0.3, -0.25) is 9.88 Å². The molecule has 1 aliphatic rings. The molecule has 4 heterocycles. The van der Waals surface area contributed by atoms with Gasteiger partial charge < -0.3 is 10.1 Å². The van der Waals surface area contributed by atoms with E-state index in [-0.39, 0.29) is 28.9 Å². The molecule has 0 amide bonds. The van der Waals surface area contributed by atoms with E-state index >= 15 is 0 Å². The van der Waals surface area contributed by atoms with E-state index in [9.17, 15) is 13.2 Å². The number of hydrogen-bond donors (Lipinski definition) is 1. The van der Waals surface area contributed by atoms with E-state index in [1.54, 1.807) is 6.07 Å². The lowest BCUT2D eigenvalue weighted by atomic mass is 9.87. The molecule has 0 aliphatic carbocycles. The zero-order valence-electron chi connectivity index (χ0n) is 23.3. The first-order valence-corrected chi connectivity index (χ1v) is 13.3. The molecule has 1 N–H and O–H groups in total. The third-order valence-electron chi connectivity index (χ3n) is 6.84. The lowest BCUT2D eigenvalue weighted by Gasteiger charge is -2.34. The normalized spacial score (nSPS) is 18.7. The molecule has 1 saturated heterocycles. The van der Waals surface area contributed by atoms with Crippen molar-refractivity contribution < 1.29 is 17.9 Å². The average Bonchev–Trinajstić information content (AvgIpc) is 2.87. The van der Waals surface area contributed by atoms with E-state index in [1.165, 1.54) is 24.0 Å². The molecule has 5 rings (SSSR count). The number of benzene rings is 1. The van der Waals surface area contributed by atoms with Crippen molar-refractivity contribution in [2.75, 3.05) is 18.4 Å². The van der Waals surface area contributed by atoms with Crippen molar-refractivity contribution in [3.63, 3.8) is 0 Å². The van der Waals surface area contributed by atoms with Crippen LogP contribution < -0.4 is 5.32 Å². The Morgan fingerprint density at radius 3 is 2.33 bits per heavy atom. The Morgan fingerprint density at radius 1 is 0.975 bits per heavy atom. The highest BCUT2D eigenvalue weighted by molar-refractivity contribution is 5.89. The topological polar surface area (TPSA) is 76.1 Å². The number of morpholine rings is 1. The molecule has 0 spiro atoms. The predicted molar refractivity (Wildman–Crippen MR) is 149 cm³/mol. The quantitative estimate of drug-likeness (QED) is 0.294. The zero-order chi connectivity index (χ0) is 28.7. The summed E-state index contributed by atoms with van der Waals surface area (Å²) in [5, 5.41) is 3.36. The third-order valence-corrected chi connectivity index (χ3v) is 6.84. The van der Waals surface area contributed by atoms with E-state index in [1.807, 2.05) is 26.0 Å². The molecule has 2 unspecified atom stereocenters. The molecule has 0 bridgehead atoms. The standard InChI is InChI=1S/C30H33F3N6O/c1-18-15-39(16-19(2)40-18)17-25-37-24-13-20(26-23(30(31,32)33)7-6-12-34-26)14-35-27(24)28(38-25)36-22-10-8-21(9-11-22)29(3,4)5/h6-14,18-19H,15-17H2,1-5H3,(H,36,37,38). The number of anilines is 2. The molecule has 7 nitrogen and oxygen atoms in total. The zero-order valence-corrected chi connectivity index (χ0v) is 23.3. The van der Waals surface area contributed by atoms with E-state index < -0.39 is 11.7 Å². The minimum absolute atomic E-state index is 0.0123. The van der Waals surface area contributed by atoms with Crippen LogP contribution in [0.4, 0.5) is 24.7 Å². The SMILES string of the molecule is CC1CN(Cc2nc(Nc3ccc(C(C)(C)C)cc3)c3ncc(-c4ncccc4C(F)(F)F)cc3n2)CC(C)O1. The number of aromatic nitrogens is 4. The molecule has 4 aromatic rings. The highest BCUT2D eigenvalue weighted by atomic mass is 19.4. The van der Waals surface area contributed by atoms with Gasteiger partial charge in [-0.05, 0) is 55.2 Å². The summed E-state index contributed by atoms with van der Waals surface area (Å²) in [6, 6.07) is 12.0. The monoisotopic (exact) mass is 550 g/mol. The van der Waals surface area contributed by atoms with Crippen LogP contribution in [0.3, 0.4) is 0 Å². The second kappa shape index (κ2) is 10.7. The van der Waals surface area contributed by atoms with Gasteiger partial charge in [0.15, 0.2) is 5.82 Å². The molecule has 10 heteroatoms. The van der Waals surface area contributed by atoms with Crippen LogP contribution in [0.5, 0.6) is 0 Å². The van der Waals surface area contributed by atoms with Crippen molar-refractivity contribution in [3.05, 3.63) is 71.8 Å². The van der Waals surface area contributed by atoms with Crippen LogP contribution in [-0.4, -0.2) is 50.1 Å². The minimum atomic E-state index is -4.55. The van der Waals surface area contributed by atoms with Crippen molar-refractivity contribution in [1.29, 1.82) is 0 Å². The molecule has 210 valence electrons. The van der Waals surface area contributed by atoms with Crippen molar-refractivity contribution in [1.82, 2.24) is 24.8 Å². The first-order valence-electron chi connectivity index (χ1n) is 13.3. The number of pyridine rings is 2. The van der Waals surface area contributed by atoms with Crippen molar-refractivity contribution in [3.8, 4) is 11.3 Å². The van der Waals surface area contributed by atoms with Gasteiger partial charge in [0.2, 0.25) is 0 Å².